The fourth-order valence-electron chi connectivity index (χ4n) is 4.02. The largest absolute Gasteiger partial charge is 0.476 e. The molecular weight excluding hydrogens is 471 g/mol. The maximum atomic E-state index is 5.80. The first-order valence-electron chi connectivity index (χ1n) is 10.6. The van der Waals surface area contributed by atoms with Crippen molar-refractivity contribution < 1.29 is 4.74 Å². The molecule has 0 aromatic carbocycles. The van der Waals surface area contributed by atoms with Crippen molar-refractivity contribution in [3.8, 4) is 5.88 Å². The predicted molar refractivity (Wildman–Crippen MR) is 130 cm³/mol. The number of rotatable bonds is 3. The summed E-state index contributed by atoms with van der Waals surface area (Å²) in [6, 6.07) is 6.32. The molecule has 0 bridgehead atoms. The van der Waals surface area contributed by atoms with Crippen LogP contribution in [0, 0.1) is 5.92 Å². The fourth-order valence-corrected chi connectivity index (χ4v) is 4.02. The van der Waals surface area contributed by atoms with Crippen LogP contribution in [0.4, 0.5) is 5.82 Å². The van der Waals surface area contributed by atoms with Crippen LogP contribution >= 0.6 is 34.8 Å². The van der Waals surface area contributed by atoms with Gasteiger partial charge in [0, 0.05) is 50.0 Å². The van der Waals surface area contributed by atoms with Gasteiger partial charge in [-0.2, -0.15) is 4.98 Å². The molecule has 5 heterocycles. The van der Waals surface area contributed by atoms with Crippen molar-refractivity contribution in [1.82, 2.24) is 24.8 Å². The quantitative estimate of drug-likeness (QED) is 0.567. The molecular formula is C22H25Cl3N6O. The Balaban J connectivity index is 0.000000444. The highest BCUT2D eigenvalue weighted by atomic mass is 35.5. The molecule has 0 atom stereocenters. The van der Waals surface area contributed by atoms with Crippen LogP contribution in [0.3, 0.4) is 0 Å². The van der Waals surface area contributed by atoms with Crippen LogP contribution in [0.1, 0.15) is 18.4 Å². The van der Waals surface area contributed by atoms with Gasteiger partial charge in [0.15, 0.2) is 0 Å². The van der Waals surface area contributed by atoms with Gasteiger partial charge in [-0.05, 0) is 37.0 Å². The van der Waals surface area contributed by atoms with Crippen LogP contribution in [-0.4, -0.2) is 45.8 Å². The number of hydrogen-bond donors (Lipinski definition) is 1. The van der Waals surface area contributed by atoms with Gasteiger partial charge in [0.2, 0.25) is 5.88 Å². The Labute approximate surface area is 202 Å². The van der Waals surface area contributed by atoms with E-state index in [2.05, 4.69) is 36.9 Å². The van der Waals surface area contributed by atoms with E-state index in [1.54, 1.807) is 0 Å². The minimum Gasteiger partial charge on any atom is -0.476 e. The van der Waals surface area contributed by atoms with Crippen molar-refractivity contribution in [3.05, 3.63) is 52.5 Å². The highest BCUT2D eigenvalue weighted by Gasteiger charge is 2.22. The normalized spacial score (nSPS) is 16.4. The van der Waals surface area contributed by atoms with E-state index in [1.807, 2.05) is 24.8 Å². The van der Waals surface area contributed by atoms with Crippen LogP contribution < -0.4 is 15.0 Å². The molecule has 1 N–H and O–H groups in total. The van der Waals surface area contributed by atoms with Gasteiger partial charge in [-0.15, -0.1) is 0 Å². The molecule has 0 amide bonds. The first-order chi connectivity index (χ1) is 15.6. The molecule has 2 aliphatic rings. The number of aromatic nitrogens is 4. The lowest BCUT2D eigenvalue weighted by atomic mass is 9.96. The Morgan fingerprint density at radius 3 is 2.81 bits per heavy atom. The number of fused-ring (bicyclic) bond motifs is 2. The van der Waals surface area contributed by atoms with Crippen molar-refractivity contribution in [3.63, 3.8) is 0 Å². The van der Waals surface area contributed by atoms with Crippen molar-refractivity contribution in [2.45, 2.75) is 25.9 Å². The molecule has 0 radical (unpaired) electrons. The lowest BCUT2D eigenvalue weighted by Crippen LogP contribution is -2.35. The Morgan fingerprint density at radius 2 is 2.03 bits per heavy atom. The van der Waals surface area contributed by atoms with E-state index < -0.39 is 0 Å². The topological polar surface area (TPSA) is 68.1 Å². The average molecular weight is 496 g/mol. The van der Waals surface area contributed by atoms with E-state index in [-0.39, 0.29) is 4.49 Å². The minimum absolute atomic E-state index is 0.0895. The summed E-state index contributed by atoms with van der Waals surface area (Å²) >= 11 is 14.8. The number of halogens is 3. The third-order valence-electron chi connectivity index (χ3n) is 5.66. The van der Waals surface area contributed by atoms with E-state index in [0.717, 1.165) is 73.9 Å². The summed E-state index contributed by atoms with van der Waals surface area (Å²) in [6.07, 6.45) is 7.93. The lowest BCUT2D eigenvalue weighted by Gasteiger charge is -2.33. The summed E-state index contributed by atoms with van der Waals surface area (Å²) in [6.45, 7) is 5.46. The zero-order valence-electron chi connectivity index (χ0n) is 17.6. The monoisotopic (exact) mass is 494 g/mol. The molecule has 0 aliphatic carbocycles. The average Bonchev–Trinajstić information content (AvgIpc) is 3.07. The van der Waals surface area contributed by atoms with Crippen LogP contribution in [-0.2, 0) is 13.1 Å². The number of hydrogen-bond acceptors (Lipinski definition) is 6. The summed E-state index contributed by atoms with van der Waals surface area (Å²) in [5.74, 6) is 2.49. The summed E-state index contributed by atoms with van der Waals surface area (Å²) in [5, 5.41) is 3.35. The second kappa shape index (κ2) is 11.2. The van der Waals surface area contributed by atoms with Gasteiger partial charge in [-0.3, -0.25) is 4.98 Å². The third kappa shape index (κ3) is 5.84. The number of pyridine rings is 2. The van der Waals surface area contributed by atoms with Gasteiger partial charge in [-0.1, -0.05) is 34.8 Å². The standard InChI is InChI=1S/C20H24N6O.C2HCl3/c1-2-19(24-20-16(1)11-22-7-10-27-20)25-8-4-15(5-9-25)13-26-14-23-17-12-21-6-3-18(17)26;3-1-2(4)5/h1-3,6,12,14-15,22H,4-5,7-11,13H2;1H. The van der Waals surface area contributed by atoms with E-state index in [4.69, 9.17) is 44.5 Å². The summed E-state index contributed by atoms with van der Waals surface area (Å²) < 4.78 is 8.15. The van der Waals surface area contributed by atoms with Crippen LogP contribution in [0.15, 0.2) is 46.9 Å². The number of anilines is 1. The van der Waals surface area contributed by atoms with E-state index in [1.165, 1.54) is 5.52 Å². The van der Waals surface area contributed by atoms with E-state index in [0.29, 0.717) is 12.5 Å². The Hall–Kier alpha value is -2.06. The van der Waals surface area contributed by atoms with Crippen LogP contribution in [0.5, 0.6) is 5.88 Å². The third-order valence-corrected chi connectivity index (χ3v) is 6.32. The van der Waals surface area contributed by atoms with Gasteiger partial charge in [0.1, 0.15) is 22.4 Å². The Morgan fingerprint density at radius 1 is 1.22 bits per heavy atom. The SMILES string of the molecule is ClC=C(Cl)Cl.c1cc2c(cn1)ncn2CC1CCN(c2ccc3c(n2)OCCNC3)CC1. The summed E-state index contributed by atoms with van der Waals surface area (Å²) in [4.78, 5) is 15.8. The second-order valence-corrected chi connectivity index (χ2v) is 8.98. The molecule has 32 heavy (non-hydrogen) atoms. The van der Waals surface area contributed by atoms with Crippen molar-refractivity contribution in [2.24, 2.45) is 5.92 Å². The van der Waals surface area contributed by atoms with Crippen molar-refractivity contribution >= 4 is 51.7 Å². The number of nitrogens with one attached hydrogen (secondary N) is 1. The fraction of sp³-hybridized carbons (Fsp3) is 0.409. The van der Waals surface area contributed by atoms with Gasteiger partial charge >= 0.3 is 0 Å². The first-order valence-corrected chi connectivity index (χ1v) is 11.8. The molecule has 5 rings (SSSR count). The Bertz CT molecular complexity index is 1060. The molecule has 3 aromatic rings. The minimum atomic E-state index is 0.0895. The molecule has 1 saturated heterocycles. The smallest absolute Gasteiger partial charge is 0.219 e. The van der Waals surface area contributed by atoms with Gasteiger partial charge in [0.25, 0.3) is 0 Å². The van der Waals surface area contributed by atoms with Crippen LogP contribution in [0.2, 0.25) is 0 Å². The maximum Gasteiger partial charge on any atom is 0.219 e. The van der Waals surface area contributed by atoms with Crippen LogP contribution in [0.25, 0.3) is 11.0 Å². The molecule has 10 heteroatoms. The first kappa shape index (κ1) is 23.1. The number of piperidine rings is 1. The highest BCUT2D eigenvalue weighted by Crippen LogP contribution is 2.27. The zero-order valence-corrected chi connectivity index (χ0v) is 19.8. The van der Waals surface area contributed by atoms with Crippen molar-refractivity contribution in [1.29, 1.82) is 0 Å². The molecule has 3 aromatic heterocycles. The van der Waals surface area contributed by atoms with Gasteiger partial charge < -0.3 is 19.5 Å². The summed E-state index contributed by atoms with van der Waals surface area (Å²) in [5.41, 5.74) is 4.38. The maximum absolute atomic E-state index is 5.80. The molecule has 2 aliphatic heterocycles. The molecule has 170 valence electrons. The van der Waals surface area contributed by atoms with Gasteiger partial charge in [-0.25, -0.2) is 4.98 Å². The molecule has 0 spiro atoms. The second-order valence-electron chi connectivity index (χ2n) is 7.75. The van der Waals surface area contributed by atoms with Gasteiger partial charge in [0.05, 0.1) is 18.0 Å². The van der Waals surface area contributed by atoms with E-state index in [9.17, 15) is 0 Å². The highest BCUT2D eigenvalue weighted by molar-refractivity contribution is 6.58. The number of imidazole rings is 1. The predicted octanol–water partition coefficient (Wildman–Crippen LogP) is 4.73. The van der Waals surface area contributed by atoms with E-state index >= 15 is 0 Å². The molecule has 1 fully saturated rings. The lowest BCUT2D eigenvalue weighted by molar-refractivity contribution is 0.313. The Kier molecular flexibility index (Phi) is 8.08. The summed E-state index contributed by atoms with van der Waals surface area (Å²) in [7, 11) is 0. The molecule has 0 saturated carbocycles. The zero-order chi connectivity index (χ0) is 22.3. The number of nitrogens with zero attached hydrogens (tertiary/aromatic N) is 5. The molecule has 7 nitrogen and oxygen atoms in total. The molecule has 0 unspecified atom stereocenters. The number of ether oxygens (including phenoxy) is 1. The van der Waals surface area contributed by atoms with Crippen molar-refractivity contribution in [2.75, 3.05) is 31.1 Å².